The van der Waals surface area contributed by atoms with E-state index >= 15 is 0 Å². The molecule has 2 heteroatoms. The quantitative estimate of drug-likeness (QED) is 0.697. The Morgan fingerprint density at radius 1 is 1.13 bits per heavy atom. The van der Waals surface area contributed by atoms with E-state index in [1.54, 1.807) is 11.3 Å². The maximum absolute atomic E-state index is 10.5. The molecule has 0 atom stereocenters. The van der Waals surface area contributed by atoms with Crippen LogP contribution in [0.1, 0.15) is 20.1 Å². The summed E-state index contributed by atoms with van der Waals surface area (Å²) in [6, 6.07) is 9.90. The van der Waals surface area contributed by atoms with E-state index in [9.17, 15) is 4.79 Å². The number of carbonyl (C=O) groups excluding carboxylic acids is 1. The summed E-state index contributed by atoms with van der Waals surface area (Å²) in [5, 5.41) is 0. The Labute approximate surface area is 93.4 Å². The van der Waals surface area contributed by atoms with Gasteiger partial charge >= 0.3 is 0 Å². The second kappa shape index (κ2) is 3.99. The lowest BCUT2D eigenvalue weighted by molar-refractivity contribution is 0.112. The fourth-order valence-electron chi connectivity index (χ4n) is 1.66. The molecule has 0 aliphatic carbocycles. The molecule has 0 unspecified atom stereocenters. The molecule has 1 nitrogen and oxygen atoms in total. The Hall–Kier alpha value is -1.41. The van der Waals surface area contributed by atoms with E-state index < -0.39 is 0 Å². The predicted octanol–water partition coefficient (Wildman–Crippen LogP) is 3.84. The molecule has 0 spiro atoms. The zero-order valence-electron chi connectivity index (χ0n) is 8.78. The van der Waals surface area contributed by atoms with Gasteiger partial charge in [-0.2, -0.15) is 0 Å². The van der Waals surface area contributed by atoms with Gasteiger partial charge in [0.15, 0.2) is 0 Å². The van der Waals surface area contributed by atoms with Gasteiger partial charge in [-0.3, -0.25) is 4.79 Å². The van der Waals surface area contributed by atoms with Crippen molar-refractivity contribution < 1.29 is 4.79 Å². The zero-order chi connectivity index (χ0) is 10.8. The van der Waals surface area contributed by atoms with Crippen molar-refractivity contribution in [1.82, 2.24) is 0 Å². The van der Waals surface area contributed by atoms with Crippen molar-refractivity contribution in [3.63, 3.8) is 0 Å². The van der Waals surface area contributed by atoms with Crippen LogP contribution in [0.5, 0.6) is 0 Å². The first-order chi connectivity index (χ1) is 7.20. The molecule has 0 fully saturated rings. The molecule has 2 aromatic rings. The van der Waals surface area contributed by atoms with Gasteiger partial charge in [-0.15, -0.1) is 11.3 Å². The number of carbonyl (C=O) groups is 1. The Morgan fingerprint density at radius 3 is 2.27 bits per heavy atom. The minimum absolute atomic E-state index is 0.725. The molecule has 0 aliphatic rings. The fourth-order valence-corrected chi connectivity index (χ4v) is 2.61. The lowest BCUT2D eigenvalue weighted by Gasteiger charge is -1.99. The number of hydrogen-bond donors (Lipinski definition) is 0. The normalized spacial score (nSPS) is 10.3. The molecule has 0 aliphatic heterocycles. The van der Waals surface area contributed by atoms with E-state index in [0.29, 0.717) is 0 Å². The van der Waals surface area contributed by atoms with Crippen molar-refractivity contribution in [2.24, 2.45) is 0 Å². The molecule has 2 rings (SSSR count). The topological polar surface area (TPSA) is 17.1 Å². The Kier molecular flexibility index (Phi) is 2.69. The summed E-state index contributed by atoms with van der Waals surface area (Å²) in [7, 11) is 0. The number of aldehydes is 1. The first-order valence-corrected chi connectivity index (χ1v) is 5.65. The maximum atomic E-state index is 10.5. The molecule has 0 amide bonds. The maximum Gasteiger partial charge on any atom is 0.150 e. The van der Waals surface area contributed by atoms with Gasteiger partial charge in [-0.1, -0.05) is 24.3 Å². The van der Waals surface area contributed by atoms with Crippen LogP contribution >= 0.6 is 11.3 Å². The molecule has 1 aromatic carbocycles. The van der Waals surface area contributed by atoms with Gasteiger partial charge in [-0.25, -0.2) is 0 Å². The highest BCUT2D eigenvalue weighted by Crippen LogP contribution is 2.30. The smallest absolute Gasteiger partial charge is 0.150 e. The van der Waals surface area contributed by atoms with Crippen molar-refractivity contribution in [2.45, 2.75) is 13.8 Å². The van der Waals surface area contributed by atoms with Gasteiger partial charge in [0.2, 0.25) is 0 Å². The van der Waals surface area contributed by atoms with Crippen molar-refractivity contribution in [3.8, 4) is 11.1 Å². The van der Waals surface area contributed by atoms with Crippen LogP contribution in [0.2, 0.25) is 0 Å². The lowest BCUT2D eigenvalue weighted by atomic mass is 10.1. The fraction of sp³-hybridized carbons (Fsp3) is 0.154. The molecule has 1 heterocycles. The highest BCUT2D eigenvalue weighted by atomic mass is 32.1. The zero-order valence-corrected chi connectivity index (χ0v) is 9.60. The summed E-state index contributed by atoms with van der Waals surface area (Å²) in [6.45, 7) is 4.24. The minimum Gasteiger partial charge on any atom is -0.298 e. The average molecular weight is 216 g/mol. The predicted molar refractivity (Wildman–Crippen MR) is 64.6 cm³/mol. The van der Waals surface area contributed by atoms with E-state index in [1.807, 2.05) is 24.3 Å². The largest absolute Gasteiger partial charge is 0.298 e. The minimum atomic E-state index is 0.725. The average Bonchev–Trinajstić information content (AvgIpc) is 2.58. The SMILES string of the molecule is Cc1cc(-c2ccc(C=O)cc2)c(C)s1. The third kappa shape index (κ3) is 2.00. The number of rotatable bonds is 2. The first kappa shape index (κ1) is 10.1. The number of hydrogen-bond acceptors (Lipinski definition) is 2. The number of thiophene rings is 1. The van der Waals surface area contributed by atoms with Crippen LogP contribution in [0, 0.1) is 13.8 Å². The summed E-state index contributed by atoms with van der Waals surface area (Å²) >= 11 is 1.80. The van der Waals surface area contributed by atoms with Crippen LogP contribution < -0.4 is 0 Å². The summed E-state index contributed by atoms with van der Waals surface area (Å²) < 4.78 is 0. The standard InChI is InChI=1S/C13H12OS/c1-9-7-13(10(2)15-9)12-5-3-11(8-14)4-6-12/h3-8H,1-2H3. The van der Waals surface area contributed by atoms with Crippen molar-refractivity contribution in [3.05, 3.63) is 45.6 Å². The molecule has 76 valence electrons. The number of aryl methyl sites for hydroxylation is 2. The first-order valence-electron chi connectivity index (χ1n) is 4.83. The molecule has 0 saturated carbocycles. The second-order valence-corrected chi connectivity index (χ2v) is 5.03. The molecule has 15 heavy (non-hydrogen) atoms. The molecule has 0 radical (unpaired) electrons. The lowest BCUT2D eigenvalue weighted by Crippen LogP contribution is -1.80. The summed E-state index contributed by atoms with van der Waals surface area (Å²) in [5.41, 5.74) is 3.18. The van der Waals surface area contributed by atoms with Crippen LogP contribution in [-0.4, -0.2) is 6.29 Å². The van der Waals surface area contributed by atoms with Crippen LogP contribution in [0.25, 0.3) is 11.1 Å². The summed E-state index contributed by atoms with van der Waals surface area (Å²) in [4.78, 5) is 13.2. The van der Waals surface area contributed by atoms with Gasteiger partial charge in [0.1, 0.15) is 6.29 Å². The van der Waals surface area contributed by atoms with Crippen molar-refractivity contribution >= 4 is 17.6 Å². The second-order valence-electron chi connectivity index (χ2n) is 3.57. The summed E-state index contributed by atoms with van der Waals surface area (Å²) in [6.07, 6.45) is 0.871. The molecule has 0 N–H and O–H groups in total. The van der Waals surface area contributed by atoms with Crippen LogP contribution in [0.4, 0.5) is 0 Å². The Bertz CT molecular complexity index is 480. The van der Waals surface area contributed by atoms with Gasteiger partial charge in [-0.05, 0) is 31.0 Å². The van der Waals surface area contributed by atoms with Gasteiger partial charge in [0, 0.05) is 15.3 Å². The number of benzene rings is 1. The Morgan fingerprint density at radius 2 is 1.80 bits per heavy atom. The van der Waals surface area contributed by atoms with Gasteiger partial charge in [0.05, 0.1) is 0 Å². The van der Waals surface area contributed by atoms with Crippen molar-refractivity contribution in [2.75, 3.05) is 0 Å². The molecule has 0 bridgehead atoms. The molecular formula is C13H12OS. The Balaban J connectivity index is 2.45. The highest BCUT2D eigenvalue weighted by molar-refractivity contribution is 7.12. The van der Waals surface area contributed by atoms with Gasteiger partial charge in [0.25, 0.3) is 0 Å². The van der Waals surface area contributed by atoms with Crippen LogP contribution in [0.3, 0.4) is 0 Å². The summed E-state index contributed by atoms with van der Waals surface area (Å²) in [5.74, 6) is 0. The van der Waals surface area contributed by atoms with Gasteiger partial charge < -0.3 is 0 Å². The molecule has 0 saturated heterocycles. The highest BCUT2D eigenvalue weighted by Gasteiger charge is 2.04. The monoisotopic (exact) mass is 216 g/mol. The van der Waals surface area contributed by atoms with Crippen molar-refractivity contribution in [1.29, 1.82) is 0 Å². The van der Waals surface area contributed by atoms with E-state index in [4.69, 9.17) is 0 Å². The van der Waals surface area contributed by atoms with Crippen LogP contribution in [0.15, 0.2) is 30.3 Å². The molecular weight excluding hydrogens is 204 g/mol. The molecule has 1 aromatic heterocycles. The van der Waals surface area contributed by atoms with E-state index in [1.165, 1.54) is 20.9 Å². The van der Waals surface area contributed by atoms with E-state index in [-0.39, 0.29) is 0 Å². The third-order valence-corrected chi connectivity index (χ3v) is 3.36. The van der Waals surface area contributed by atoms with E-state index in [0.717, 1.165) is 11.8 Å². The van der Waals surface area contributed by atoms with E-state index in [2.05, 4.69) is 19.9 Å². The third-order valence-electron chi connectivity index (χ3n) is 2.40. The van der Waals surface area contributed by atoms with Crippen LogP contribution in [-0.2, 0) is 0 Å².